The number of likely N-dealkylation sites (tertiary alicyclic amines) is 1. The van der Waals surface area contributed by atoms with Gasteiger partial charge < -0.3 is 34.2 Å². The van der Waals surface area contributed by atoms with Gasteiger partial charge in [-0.25, -0.2) is 9.59 Å². The van der Waals surface area contributed by atoms with Gasteiger partial charge in [-0.2, -0.15) is 0 Å². The number of rotatable bonds is 7. The van der Waals surface area contributed by atoms with Crippen LogP contribution < -0.4 is 14.2 Å². The van der Waals surface area contributed by atoms with Gasteiger partial charge in [-0.1, -0.05) is 0 Å². The summed E-state index contributed by atoms with van der Waals surface area (Å²) in [5.41, 5.74) is 0.570. The Morgan fingerprint density at radius 1 is 1.00 bits per heavy atom. The summed E-state index contributed by atoms with van der Waals surface area (Å²) < 4.78 is 16.6. The van der Waals surface area contributed by atoms with E-state index in [4.69, 9.17) is 34.0 Å². The number of ether oxygens (including phenoxy) is 3. The maximum atomic E-state index is 12.6. The van der Waals surface area contributed by atoms with E-state index in [9.17, 15) is 4.79 Å². The summed E-state index contributed by atoms with van der Waals surface area (Å²) in [5.74, 6) is -2.06. The van der Waals surface area contributed by atoms with Crippen LogP contribution >= 0.6 is 0 Å². The van der Waals surface area contributed by atoms with Crippen molar-refractivity contribution in [3.63, 3.8) is 0 Å². The van der Waals surface area contributed by atoms with Gasteiger partial charge in [-0.15, -0.1) is 0 Å². The van der Waals surface area contributed by atoms with Crippen LogP contribution in [0, 0.1) is 0 Å². The molecule has 29 heavy (non-hydrogen) atoms. The minimum atomic E-state index is -1.82. The second-order valence-electron chi connectivity index (χ2n) is 6.47. The number of carboxylic acid groups (broad SMARTS) is 2. The highest BCUT2D eigenvalue weighted by atomic mass is 16.5. The van der Waals surface area contributed by atoms with Crippen LogP contribution in [0.3, 0.4) is 0 Å². The molecule has 10 heteroatoms. The third-order valence-corrected chi connectivity index (χ3v) is 4.07. The Hall–Kier alpha value is -3.01. The van der Waals surface area contributed by atoms with Crippen molar-refractivity contribution in [3.05, 3.63) is 17.7 Å². The topological polar surface area (TPSA) is 126 Å². The first-order valence-corrected chi connectivity index (χ1v) is 9.00. The molecule has 0 atom stereocenters. The van der Waals surface area contributed by atoms with E-state index in [1.54, 1.807) is 26.4 Å². The van der Waals surface area contributed by atoms with E-state index in [1.807, 2.05) is 23.9 Å². The van der Waals surface area contributed by atoms with E-state index in [-0.39, 0.29) is 5.91 Å². The van der Waals surface area contributed by atoms with E-state index in [0.29, 0.717) is 29.4 Å². The number of nitrogens with zero attached hydrogens (tertiary/aromatic N) is 2. The van der Waals surface area contributed by atoms with Crippen LogP contribution in [0.1, 0.15) is 23.2 Å². The molecule has 0 aliphatic carbocycles. The fourth-order valence-corrected chi connectivity index (χ4v) is 2.58. The molecule has 1 aromatic carbocycles. The van der Waals surface area contributed by atoms with Gasteiger partial charge in [0.05, 0.1) is 14.2 Å². The zero-order valence-corrected chi connectivity index (χ0v) is 17.1. The zero-order chi connectivity index (χ0) is 22.0. The average Bonchev–Trinajstić information content (AvgIpc) is 3.22. The number of aliphatic carboxylic acids is 2. The van der Waals surface area contributed by atoms with Crippen molar-refractivity contribution in [3.8, 4) is 17.2 Å². The van der Waals surface area contributed by atoms with Gasteiger partial charge in [0.1, 0.15) is 6.61 Å². The highest BCUT2D eigenvalue weighted by Crippen LogP contribution is 2.39. The van der Waals surface area contributed by atoms with Crippen LogP contribution in [0.25, 0.3) is 0 Å². The Bertz CT molecular complexity index is 677. The number of likely N-dealkylation sites (N-methyl/N-ethyl adjacent to an activating group) is 1. The summed E-state index contributed by atoms with van der Waals surface area (Å²) in [7, 11) is 7.10. The van der Waals surface area contributed by atoms with Crippen LogP contribution in [0.5, 0.6) is 17.2 Å². The zero-order valence-electron chi connectivity index (χ0n) is 17.1. The van der Waals surface area contributed by atoms with Gasteiger partial charge in [0, 0.05) is 25.2 Å². The van der Waals surface area contributed by atoms with Crippen LogP contribution in [-0.4, -0.2) is 92.4 Å². The highest BCUT2D eigenvalue weighted by molar-refractivity contribution is 6.27. The molecule has 1 aliphatic heterocycles. The van der Waals surface area contributed by atoms with E-state index in [2.05, 4.69) is 0 Å². The molecular weight excluding hydrogens is 384 g/mol. The van der Waals surface area contributed by atoms with E-state index in [0.717, 1.165) is 32.5 Å². The average molecular weight is 412 g/mol. The van der Waals surface area contributed by atoms with Crippen molar-refractivity contribution in [1.82, 2.24) is 9.80 Å². The van der Waals surface area contributed by atoms with E-state index in [1.165, 1.54) is 0 Å². The van der Waals surface area contributed by atoms with Crippen LogP contribution in [0.4, 0.5) is 0 Å². The minimum absolute atomic E-state index is 0.0129. The van der Waals surface area contributed by atoms with Crippen LogP contribution in [0.15, 0.2) is 12.1 Å². The van der Waals surface area contributed by atoms with Gasteiger partial charge >= 0.3 is 11.9 Å². The molecule has 1 aromatic rings. The molecule has 0 radical (unpaired) electrons. The van der Waals surface area contributed by atoms with Crippen molar-refractivity contribution in [1.29, 1.82) is 0 Å². The largest absolute Gasteiger partial charge is 0.493 e. The molecule has 1 aliphatic rings. The second kappa shape index (κ2) is 11.7. The molecular formula is C19H28N2O8. The standard InChI is InChI=1S/C17H26N2O4.C2H2O4/c1-18(2)9-10-23-16-14(21-3)11-13(12-15(16)22-4)17(20)19-7-5-6-8-19;3-1(4)2(5)6/h11-12H,5-10H2,1-4H3;(H,3,4)(H,5,6). The third kappa shape index (κ3) is 7.49. The molecule has 0 aromatic heterocycles. The SMILES string of the molecule is COc1cc(C(=O)N2CCCC2)cc(OC)c1OCCN(C)C.O=C(O)C(=O)O. The lowest BCUT2D eigenvalue weighted by Gasteiger charge is -2.19. The monoisotopic (exact) mass is 412 g/mol. The summed E-state index contributed by atoms with van der Waals surface area (Å²) in [6.45, 7) is 2.91. The van der Waals surface area contributed by atoms with E-state index >= 15 is 0 Å². The molecule has 0 spiro atoms. The lowest BCUT2D eigenvalue weighted by atomic mass is 10.1. The smallest absolute Gasteiger partial charge is 0.414 e. The maximum absolute atomic E-state index is 12.6. The number of hydrogen-bond donors (Lipinski definition) is 2. The summed E-state index contributed by atoms with van der Waals surface area (Å²) >= 11 is 0. The van der Waals surface area contributed by atoms with E-state index < -0.39 is 11.9 Å². The minimum Gasteiger partial charge on any atom is -0.493 e. The van der Waals surface area contributed by atoms with Gasteiger partial charge in [0.2, 0.25) is 5.75 Å². The Morgan fingerprint density at radius 3 is 1.86 bits per heavy atom. The Balaban J connectivity index is 0.000000612. The first-order chi connectivity index (χ1) is 13.7. The number of methoxy groups -OCH3 is 2. The molecule has 0 bridgehead atoms. The lowest BCUT2D eigenvalue weighted by Crippen LogP contribution is -2.27. The van der Waals surface area contributed by atoms with Crippen molar-refractivity contribution in [2.75, 3.05) is 54.6 Å². The number of carbonyl (C=O) groups is 3. The second-order valence-corrected chi connectivity index (χ2v) is 6.47. The summed E-state index contributed by atoms with van der Waals surface area (Å²) in [4.78, 5) is 34.7. The predicted molar refractivity (Wildman–Crippen MR) is 104 cm³/mol. The van der Waals surface area contributed by atoms with Crippen molar-refractivity contribution in [2.24, 2.45) is 0 Å². The highest BCUT2D eigenvalue weighted by Gasteiger charge is 2.23. The van der Waals surface area contributed by atoms with Gasteiger partial charge in [-0.3, -0.25) is 4.79 Å². The molecule has 1 saturated heterocycles. The maximum Gasteiger partial charge on any atom is 0.414 e. The molecule has 0 saturated carbocycles. The molecule has 1 amide bonds. The number of amides is 1. The number of carboxylic acids is 2. The first-order valence-electron chi connectivity index (χ1n) is 9.00. The van der Waals surface area contributed by atoms with Crippen molar-refractivity contribution >= 4 is 17.8 Å². The number of carbonyl (C=O) groups excluding carboxylic acids is 1. The predicted octanol–water partition coefficient (Wildman–Crippen LogP) is 1.04. The molecule has 0 unspecified atom stereocenters. The molecule has 1 heterocycles. The first kappa shape index (κ1) is 24.0. The van der Waals surface area contributed by atoms with Crippen LogP contribution in [0.2, 0.25) is 0 Å². The fourth-order valence-electron chi connectivity index (χ4n) is 2.58. The molecule has 2 rings (SSSR count). The normalized spacial score (nSPS) is 12.8. The fraction of sp³-hybridized carbons (Fsp3) is 0.526. The Morgan fingerprint density at radius 2 is 1.48 bits per heavy atom. The number of hydrogen-bond acceptors (Lipinski definition) is 7. The summed E-state index contributed by atoms with van der Waals surface area (Å²) in [6, 6.07) is 3.46. The molecule has 10 nitrogen and oxygen atoms in total. The summed E-state index contributed by atoms with van der Waals surface area (Å²) in [6.07, 6.45) is 2.12. The van der Waals surface area contributed by atoms with Gasteiger partial charge in [0.25, 0.3) is 5.91 Å². The molecule has 162 valence electrons. The van der Waals surface area contributed by atoms with Gasteiger partial charge in [0.15, 0.2) is 11.5 Å². The molecule has 2 N–H and O–H groups in total. The Labute approximate surface area is 169 Å². The molecule has 1 fully saturated rings. The third-order valence-electron chi connectivity index (χ3n) is 4.07. The Kier molecular flexibility index (Phi) is 9.73. The quantitative estimate of drug-likeness (QED) is 0.632. The van der Waals surface area contributed by atoms with Gasteiger partial charge in [-0.05, 0) is 39.1 Å². The number of benzene rings is 1. The van der Waals surface area contributed by atoms with Crippen LogP contribution in [-0.2, 0) is 9.59 Å². The van der Waals surface area contributed by atoms with Crippen molar-refractivity contribution < 1.29 is 38.8 Å². The summed E-state index contributed by atoms with van der Waals surface area (Å²) in [5, 5.41) is 14.8. The van der Waals surface area contributed by atoms with Crippen molar-refractivity contribution in [2.45, 2.75) is 12.8 Å². The lowest BCUT2D eigenvalue weighted by molar-refractivity contribution is -0.159.